The molecule has 1 atom stereocenters. The van der Waals surface area contributed by atoms with Crippen LogP contribution in [-0.4, -0.2) is 35.8 Å². The molecule has 0 aromatic heterocycles. The summed E-state index contributed by atoms with van der Waals surface area (Å²) >= 11 is 6.20. The lowest BCUT2D eigenvalue weighted by molar-refractivity contribution is -0.143. The number of halogens is 1. The zero-order valence-electron chi connectivity index (χ0n) is 12.8. The van der Waals surface area contributed by atoms with Gasteiger partial charge in [-0.05, 0) is 31.9 Å². The lowest BCUT2D eigenvalue weighted by Crippen LogP contribution is -2.58. The van der Waals surface area contributed by atoms with Crippen LogP contribution >= 0.6 is 11.6 Å². The van der Waals surface area contributed by atoms with Crippen LogP contribution in [0.3, 0.4) is 0 Å². The number of hydrogen-bond acceptors (Lipinski definition) is 2. The number of hydrogen-bond donors (Lipinski definition) is 0. The molecule has 2 amide bonds. The van der Waals surface area contributed by atoms with Gasteiger partial charge in [0.15, 0.2) is 0 Å². The number of carbonyl (C=O) groups is 2. The maximum Gasteiger partial charge on any atom is 0.249 e. The first-order chi connectivity index (χ1) is 10.6. The fourth-order valence-electron chi connectivity index (χ4n) is 3.49. The van der Waals surface area contributed by atoms with Crippen molar-refractivity contribution in [1.29, 1.82) is 0 Å². The summed E-state index contributed by atoms with van der Waals surface area (Å²) in [5.41, 5.74) is 0.731. The summed E-state index contributed by atoms with van der Waals surface area (Å²) in [5, 5.41) is 0.568. The summed E-state index contributed by atoms with van der Waals surface area (Å²) in [5.74, 6) is 0.213. The van der Waals surface area contributed by atoms with E-state index in [1.165, 1.54) is 0 Å². The second kappa shape index (κ2) is 6.29. The Kier molecular flexibility index (Phi) is 4.39. The molecule has 1 aromatic carbocycles. The topological polar surface area (TPSA) is 40.6 Å². The molecule has 1 aromatic rings. The Morgan fingerprint density at radius 1 is 1.18 bits per heavy atom. The van der Waals surface area contributed by atoms with Crippen molar-refractivity contribution in [2.24, 2.45) is 5.92 Å². The van der Waals surface area contributed by atoms with Crippen LogP contribution in [0.5, 0.6) is 0 Å². The van der Waals surface area contributed by atoms with Gasteiger partial charge >= 0.3 is 0 Å². The van der Waals surface area contributed by atoms with Crippen molar-refractivity contribution in [1.82, 2.24) is 4.90 Å². The van der Waals surface area contributed by atoms with E-state index in [0.29, 0.717) is 18.1 Å². The van der Waals surface area contributed by atoms with Gasteiger partial charge in [0.1, 0.15) is 6.04 Å². The van der Waals surface area contributed by atoms with Gasteiger partial charge in [0, 0.05) is 19.0 Å². The van der Waals surface area contributed by atoms with Gasteiger partial charge in [-0.1, -0.05) is 36.6 Å². The molecule has 1 heterocycles. The molecule has 1 aliphatic carbocycles. The first-order valence-corrected chi connectivity index (χ1v) is 8.34. The minimum atomic E-state index is -0.418. The Morgan fingerprint density at radius 2 is 1.86 bits per heavy atom. The summed E-state index contributed by atoms with van der Waals surface area (Å²) in [6, 6.07) is 6.93. The SMILES string of the molecule is CC1C(=O)N(c2ccccc2Cl)CCN1C(=O)C1CCCC1. The van der Waals surface area contributed by atoms with E-state index in [1.54, 1.807) is 15.9 Å². The maximum atomic E-state index is 12.7. The van der Waals surface area contributed by atoms with Crippen molar-refractivity contribution in [2.75, 3.05) is 18.0 Å². The molecular formula is C17H21ClN2O2. The molecule has 22 heavy (non-hydrogen) atoms. The average Bonchev–Trinajstić information content (AvgIpc) is 3.05. The predicted molar refractivity (Wildman–Crippen MR) is 86.9 cm³/mol. The third-order valence-corrected chi connectivity index (χ3v) is 5.11. The van der Waals surface area contributed by atoms with Crippen LogP contribution in [0.4, 0.5) is 5.69 Å². The highest BCUT2D eigenvalue weighted by atomic mass is 35.5. The molecule has 2 fully saturated rings. The Bertz CT molecular complexity index is 584. The minimum absolute atomic E-state index is 0.0503. The van der Waals surface area contributed by atoms with Crippen molar-refractivity contribution in [3.63, 3.8) is 0 Å². The molecule has 0 spiro atoms. The van der Waals surface area contributed by atoms with E-state index < -0.39 is 6.04 Å². The van der Waals surface area contributed by atoms with Gasteiger partial charge in [0.2, 0.25) is 11.8 Å². The number of anilines is 1. The predicted octanol–water partition coefficient (Wildman–Crippen LogP) is 3.09. The van der Waals surface area contributed by atoms with Gasteiger partial charge in [-0.3, -0.25) is 9.59 Å². The van der Waals surface area contributed by atoms with Crippen LogP contribution < -0.4 is 4.90 Å². The summed E-state index contributed by atoms with van der Waals surface area (Å²) in [7, 11) is 0. The zero-order valence-corrected chi connectivity index (χ0v) is 13.6. The number of piperazine rings is 1. The van der Waals surface area contributed by atoms with Crippen LogP contribution in [0.2, 0.25) is 5.02 Å². The monoisotopic (exact) mass is 320 g/mol. The highest BCUT2D eigenvalue weighted by molar-refractivity contribution is 6.33. The first-order valence-electron chi connectivity index (χ1n) is 7.96. The van der Waals surface area contributed by atoms with Crippen LogP contribution in [0.1, 0.15) is 32.6 Å². The summed E-state index contributed by atoms with van der Waals surface area (Å²) in [6.07, 6.45) is 4.17. The number of rotatable bonds is 2. The molecule has 0 N–H and O–H groups in total. The molecular weight excluding hydrogens is 300 g/mol. The zero-order chi connectivity index (χ0) is 15.7. The Morgan fingerprint density at radius 3 is 2.55 bits per heavy atom. The molecule has 2 aliphatic rings. The summed E-state index contributed by atoms with van der Waals surface area (Å²) in [6.45, 7) is 2.90. The van der Waals surface area contributed by atoms with Gasteiger partial charge in [-0.2, -0.15) is 0 Å². The van der Waals surface area contributed by atoms with E-state index in [1.807, 2.05) is 25.1 Å². The third kappa shape index (κ3) is 2.72. The average molecular weight is 321 g/mol. The minimum Gasteiger partial charge on any atom is -0.329 e. The van der Waals surface area contributed by atoms with E-state index >= 15 is 0 Å². The lowest BCUT2D eigenvalue weighted by Gasteiger charge is -2.40. The number of nitrogens with zero attached hydrogens (tertiary/aromatic N) is 2. The van der Waals surface area contributed by atoms with E-state index in [2.05, 4.69) is 0 Å². The van der Waals surface area contributed by atoms with Crippen LogP contribution in [0.25, 0.3) is 0 Å². The number of benzene rings is 1. The van der Waals surface area contributed by atoms with E-state index in [-0.39, 0.29) is 17.7 Å². The van der Waals surface area contributed by atoms with Crippen molar-refractivity contribution < 1.29 is 9.59 Å². The Balaban J connectivity index is 1.76. The van der Waals surface area contributed by atoms with Crippen molar-refractivity contribution in [2.45, 2.75) is 38.6 Å². The Hall–Kier alpha value is -1.55. The molecule has 1 saturated heterocycles. The standard InChI is InChI=1S/C17H21ClN2O2/c1-12-16(21)20(15-9-5-4-8-14(15)18)11-10-19(12)17(22)13-6-2-3-7-13/h4-5,8-9,12-13H,2-3,6-7,10-11H2,1H3. The molecule has 0 radical (unpaired) electrons. The van der Waals surface area contributed by atoms with E-state index in [4.69, 9.17) is 11.6 Å². The van der Waals surface area contributed by atoms with Gasteiger partial charge in [0.25, 0.3) is 0 Å². The van der Waals surface area contributed by atoms with Crippen LogP contribution in [0, 0.1) is 5.92 Å². The Labute approximate surface area is 136 Å². The normalized spacial score (nSPS) is 23.2. The van der Waals surface area contributed by atoms with Gasteiger partial charge in [-0.15, -0.1) is 0 Å². The molecule has 0 bridgehead atoms. The lowest BCUT2D eigenvalue weighted by atomic mass is 10.0. The fraction of sp³-hybridized carbons (Fsp3) is 0.529. The van der Waals surface area contributed by atoms with Gasteiger partial charge in [0.05, 0.1) is 10.7 Å². The number of para-hydroxylation sites is 1. The second-order valence-electron chi connectivity index (χ2n) is 6.13. The molecule has 1 aliphatic heterocycles. The van der Waals surface area contributed by atoms with Crippen LogP contribution in [0.15, 0.2) is 24.3 Å². The van der Waals surface area contributed by atoms with E-state index in [9.17, 15) is 9.59 Å². The molecule has 118 valence electrons. The molecule has 4 nitrogen and oxygen atoms in total. The highest BCUT2D eigenvalue weighted by Gasteiger charge is 2.38. The molecule has 1 saturated carbocycles. The van der Waals surface area contributed by atoms with Gasteiger partial charge < -0.3 is 9.80 Å². The second-order valence-corrected chi connectivity index (χ2v) is 6.54. The third-order valence-electron chi connectivity index (χ3n) is 4.79. The number of amides is 2. The fourth-order valence-corrected chi connectivity index (χ4v) is 3.73. The quantitative estimate of drug-likeness (QED) is 0.840. The molecule has 3 rings (SSSR count). The molecule has 1 unspecified atom stereocenters. The summed E-state index contributed by atoms with van der Waals surface area (Å²) in [4.78, 5) is 28.7. The molecule has 5 heteroatoms. The van der Waals surface area contributed by atoms with E-state index in [0.717, 1.165) is 31.4 Å². The first kappa shape index (κ1) is 15.3. The van der Waals surface area contributed by atoms with Crippen molar-refractivity contribution >= 4 is 29.1 Å². The largest absolute Gasteiger partial charge is 0.329 e. The smallest absolute Gasteiger partial charge is 0.249 e. The van der Waals surface area contributed by atoms with Crippen molar-refractivity contribution in [3.05, 3.63) is 29.3 Å². The highest BCUT2D eigenvalue weighted by Crippen LogP contribution is 2.31. The summed E-state index contributed by atoms with van der Waals surface area (Å²) < 4.78 is 0. The van der Waals surface area contributed by atoms with Gasteiger partial charge in [-0.25, -0.2) is 0 Å². The maximum absolute atomic E-state index is 12.7. The van der Waals surface area contributed by atoms with Crippen molar-refractivity contribution in [3.8, 4) is 0 Å². The van der Waals surface area contributed by atoms with Crippen LogP contribution in [-0.2, 0) is 9.59 Å². The number of carbonyl (C=O) groups excluding carboxylic acids is 2.